The van der Waals surface area contributed by atoms with E-state index in [0.29, 0.717) is 0 Å². The predicted octanol–water partition coefficient (Wildman–Crippen LogP) is 3.09. The second-order valence-corrected chi connectivity index (χ2v) is 5.83. The highest BCUT2D eigenvalue weighted by Gasteiger charge is 2.18. The molecule has 1 aromatic rings. The van der Waals surface area contributed by atoms with Crippen LogP contribution in [0.5, 0.6) is 0 Å². The Morgan fingerprint density at radius 2 is 1.06 bits per heavy atom. The first-order chi connectivity index (χ1) is 7.04. The van der Waals surface area contributed by atoms with Gasteiger partial charge in [0.15, 0.2) is 23.3 Å². The third-order valence-electron chi connectivity index (χ3n) is 1.06. The van der Waals surface area contributed by atoms with E-state index in [0.717, 1.165) is 0 Å². The van der Waals surface area contributed by atoms with Crippen LogP contribution in [0.4, 0.5) is 22.0 Å². The number of halogens is 7. The maximum atomic E-state index is 12.0. The smallest absolute Gasteiger partial charge is 0.204 e. The maximum absolute atomic E-state index is 12.0. The summed E-state index contributed by atoms with van der Waals surface area (Å²) >= 11 is 0. The van der Waals surface area contributed by atoms with Crippen LogP contribution >= 0.6 is 21.4 Å². The zero-order chi connectivity index (χ0) is 13.1. The molecule has 0 fully saturated rings. The van der Waals surface area contributed by atoms with Crippen molar-refractivity contribution in [3.63, 3.8) is 0 Å². The van der Waals surface area contributed by atoms with E-state index in [2.05, 4.69) is 21.4 Å². The monoisotopic (exact) mass is 302 g/mol. The van der Waals surface area contributed by atoms with Gasteiger partial charge in [-0.1, -0.05) is 0 Å². The van der Waals surface area contributed by atoms with Gasteiger partial charge in [0.2, 0.25) is 5.82 Å². The van der Waals surface area contributed by atoms with Crippen LogP contribution in [0.3, 0.4) is 0 Å². The summed E-state index contributed by atoms with van der Waals surface area (Å²) in [5, 5.41) is 0. The van der Waals surface area contributed by atoms with Gasteiger partial charge in [-0.15, -0.1) is 0 Å². The average molecular weight is 303 g/mol. The fourth-order valence-electron chi connectivity index (χ4n) is 0.544. The van der Waals surface area contributed by atoms with Crippen LogP contribution in [0.25, 0.3) is 0 Å². The molecule has 1 aromatic carbocycles. The Hall–Kier alpha value is -0.600. The highest BCUT2D eigenvalue weighted by atomic mass is 36.0. The molecule has 10 heteroatoms. The lowest BCUT2D eigenvalue weighted by molar-refractivity contribution is 0.378. The summed E-state index contributed by atoms with van der Waals surface area (Å²) in [4.78, 5) is 0. The molecule has 0 aliphatic carbocycles. The molecule has 0 radical (unpaired) electrons. The predicted molar refractivity (Wildman–Crippen MR) is 46.9 cm³/mol. The van der Waals surface area contributed by atoms with Gasteiger partial charge in [-0.2, -0.15) is 8.42 Å². The van der Waals surface area contributed by atoms with Gasteiger partial charge in [0, 0.05) is 27.4 Å². The van der Waals surface area contributed by atoms with Crippen LogP contribution < -0.4 is 0 Å². The summed E-state index contributed by atoms with van der Waals surface area (Å²) < 4.78 is 78.4. The first-order valence-electron chi connectivity index (χ1n) is 3.16. The summed E-state index contributed by atoms with van der Waals surface area (Å²) in [5.41, 5.74) is 0. The number of rotatable bonds is 0. The van der Waals surface area contributed by atoms with Crippen LogP contribution in [0, 0.1) is 29.1 Å². The first kappa shape index (κ1) is 15.4. The third kappa shape index (κ3) is 5.47. The summed E-state index contributed by atoms with van der Waals surface area (Å²) in [6.45, 7) is 0. The highest BCUT2D eigenvalue weighted by Crippen LogP contribution is 2.16. The lowest BCUT2D eigenvalue weighted by atomic mass is 10.3. The van der Waals surface area contributed by atoms with Crippen molar-refractivity contribution >= 4 is 29.6 Å². The Bertz CT molecular complexity index is 456. The molecular weight excluding hydrogens is 302 g/mol. The molecule has 16 heavy (non-hydrogen) atoms. The second-order valence-electron chi connectivity index (χ2n) is 2.16. The van der Waals surface area contributed by atoms with Crippen molar-refractivity contribution in [2.45, 2.75) is 0 Å². The minimum Gasteiger partial charge on any atom is -0.204 e. The quantitative estimate of drug-likeness (QED) is 0.319. The van der Waals surface area contributed by atoms with E-state index in [1.807, 2.05) is 0 Å². The standard InChI is InChI=1S/C6HF5.Cl2O2S/c7-2-1-3(8)5(10)6(11)4(2)9;1-5(2,3)4/h1H;. The average Bonchev–Trinajstić information content (AvgIpc) is 2.09. The molecule has 0 bridgehead atoms. The molecule has 0 saturated carbocycles. The largest absolute Gasteiger partial charge is 0.317 e. The van der Waals surface area contributed by atoms with Crippen LogP contribution in [0.15, 0.2) is 6.07 Å². The molecule has 0 aromatic heterocycles. The molecule has 0 heterocycles. The molecule has 0 aliphatic heterocycles. The molecule has 0 atom stereocenters. The van der Waals surface area contributed by atoms with Gasteiger partial charge < -0.3 is 0 Å². The number of hydrogen-bond donors (Lipinski definition) is 0. The Balaban J connectivity index is 0.000000385. The lowest BCUT2D eigenvalue weighted by Crippen LogP contribution is -1.98. The van der Waals surface area contributed by atoms with Gasteiger partial charge in [0.1, 0.15) is 0 Å². The van der Waals surface area contributed by atoms with Crippen molar-refractivity contribution in [3.05, 3.63) is 35.2 Å². The van der Waals surface area contributed by atoms with Crippen LogP contribution in [0.2, 0.25) is 0 Å². The van der Waals surface area contributed by atoms with Crippen molar-refractivity contribution in [2.24, 2.45) is 0 Å². The van der Waals surface area contributed by atoms with Crippen molar-refractivity contribution < 1.29 is 30.4 Å². The minimum absolute atomic E-state index is 0.0618. The zero-order valence-electron chi connectivity index (χ0n) is 6.95. The minimum atomic E-state index is -3.72. The molecule has 0 spiro atoms. The van der Waals surface area contributed by atoms with E-state index in [-0.39, 0.29) is 6.07 Å². The number of benzene rings is 1. The molecule has 2 nitrogen and oxygen atoms in total. The van der Waals surface area contributed by atoms with E-state index in [4.69, 9.17) is 8.42 Å². The Labute approximate surface area is 95.5 Å². The molecule has 0 unspecified atom stereocenters. The van der Waals surface area contributed by atoms with E-state index in [1.54, 1.807) is 0 Å². The zero-order valence-corrected chi connectivity index (χ0v) is 9.28. The molecule has 1 rings (SSSR count). The Morgan fingerprint density at radius 1 is 0.812 bits per heavy atom. The van der Waals surface area contributed by atoms with Crippen LogP contribution in [0.1, 0.15) is 0 Å². The number of hydrogen-bond acceptors (Lipinski definition) is 2. The van der Waals surface area contributed by atoms with Gasteiger partial charge in [-0.05, 0) is 0 Å². The fourth-order valence-corrected chi connectivity index (χ4v) is 0.544. The molecule has 0 saturated heterocycles. The lowest BCUT2D eigenvalue weighted by Gasteiger charge is -1.96. The molecular formula is C6HCl2F5O2S. The molecule has 0 aliphatic rings. The maximum Gasteiger partial charge on any atom is 0.317 e. The van der Waals surface area contributed by atoms with Crippen molar-refractivity contribution in [1.82, 2.24) is 0 Å². The SMILES string of the molecule is Fc1cc(F)c(F)c(F)c1F.O=S(=O)(Cl)Cl. The van der Waals surface area contributed by atoms with Gasteiger partial charge in [0.05, 0.1) is 0 Å². The third-order valence-corrected chi connectivity index (χ3v) is 1.06. The molecule has 0 amide bonds. The van der Waals surface area contributed by atoms with Gasteiger partial charge >= 0.3 is 8.26 Å². The summed E-state index contributed by atoms with van der Waals surface area (Å²) in [7, 11) is 4.81. The van der Waals surface area contributed by atoms with E-state index in [9.17, 15) is 22.0 Å². The van der Waals surface area contributed by atoms with Crippen LogP contribution in [-0.2, 0) is 8.26 Å². The first-order valence-corrected chi connectivity index (χ1v) is 6.30. The summed E-state index contributed by atoms with van der Waals surface area (Å²) in [6.07, 6.45) is 0. The van der Waals surface area contributed by atoms with Crippen LogP contribution in [-0.4, -0.2) is 8.42 Å². The van der Waals surface area contributed by atoms with Crippen molar-refractivity contribution in [1.29, 1.82) is 0 Å². The van der Waals surface area contributed by atoms with Gasteiger partial charge in [-0.25, -0.2) is 22.0 Å². The highest BCUT2D eigenvalue weighted by molar-refractivity contribution is 8.31. The summed E-state index contributed by atoms with van der Waals surface area (Å²) in [6, 6.07) is -0.0618. The normalized spacial score (nSPS) is 10.7. The van der Waals surface area contributed by atoms with Crippen molar-refractivity contribution in [2.75, 3.05) is 0 Å². The van der Waals surface area contributed by atoms with E-state index in [1.165, 1.54) is 0 Å². The van der Waals surface area contributed by atoms with Gasteiger partial charge in [-0.3, -0.25) is 0 Å². The molecule has 0 N–H and O–H groups in total. The summed E-state index contributed by atoms with van der Waals surface area (Å²) in [5.74, 6) is -9.65. The second kappa shape index (κ2) is 5.65. The Kier molecular flexibility index (Phi) is 5.43. The molecule has 92 valence electrons. The fraction of sp³-hybridized carbons (Fsp3) is 0. The topological polar surface area (TPSA) is 34.1 Å². The van der Waals surface area contributed by atoms with E-state index < -0.39 is 37.4 Å². The van der Waals surface area contributed by atoms with Gasteiger partial charge in [0.25, 0.3) is 0 Å². The Morgan fingerprint density at radius 3 is 1.31 bits per heavy atom. The van der Waals surface area contributed by atoms with E-state index >= 15 is 0 Å². The van der Waals surface area contributed by atoms with Crippen molar-refractivity contribution in [3.8, 4) is 0 Å².